The minimum absolute atomic E-state index is 0.0601. The van der Waals surface area contributed by atoms with E-state index in [0.717, 1.165) is 0 Å². The Morgan fingerprint density at radius 1 is 1.00 bits per heavy atom. The second-order valence-electron chi connectivity index (χ2n) is 5.97. The molecule has 2 fully saturated rings. The Balaban J connectivity index is 1.75. The largest absolute Gasteiger partial charge is 0.511 e. The van der Waals surface area contributed by atoms with Crippen molar-refractivity contribution in [2.45, 2.75) is 39.3 Å². The fraction of sp³-hybridized carbons (Fsp3) is 0.846. The zero-order chi connectivity index (χ0) is 15.5. The molecule has 0 spiro atoms. The van der Waals surface area contributed by atoms with Gasteiger partial charge in [0.05, 0.1) is 13.2 Å². The third-order valence-corrected chi connectivity index (χ3v) is 2.69. The summed E-state index contributed by atoms with van der Waals surface area (Å²) < 4.78 is 29.5. The summed E-state index contributed by atoms with van der Waals surface area (Å²) in [4.78, 5) is 23.1. The highest BCUT2D eigenvalue weighted by Gasteiger charge is 2.35. The molecule has 2 atom stereocenters. The zero-order valence-corrected chi connectivity index (χ0v) is 12.3. The SMILES string of the molecule is CC(C)(C)C(OC(=O)OCC1CO1)OC(=O)OCC1CO1. The summed E-state index contributed by atoms with van der Waals surface area (Å²) in [6, 6.07) is 0. The maximum Gasteiger partial charge on any atom is 0.511 e. The van der Waals surface area contributed by atoms with E-state index in [2.05, 4.69) is 0 Å². The molecule has 120 valence electrons. The first kappa shape index (κ1) is 15.8. The van der Waals surface area contributed by atoms with Gasteiger partial charge in [0.1, 0.15) is 25.4 Å². The summed E-state index contributed by atoms with van der Waals surface area (Å²) in [7, 11) is 0. The fourth-order valence-electron chi connectivity index (χ4n) is 1.27. The Morgan fingerprint density at radius 2 is 1.38 bits per heavy atom. The van der Waals surface area contributed by atoms with Crippen molar-refractivity contribution in [1.82, 2.24) is 0 Å². The van der Waals surface area contributed by atoms with Crippen molar-refractivity contribution in [2.24, 2.45) is 5.41 Å². The molecule has 0 N–H and O–H groups in total. The highest BCUT2D eigenvalue weighted by molar-refractivity contribution is 5.62. The number of ether oxygens (including phenoxy) is 6. The Bertz CT molecular complexity index is 350. The van der Waals surface area contributed by atoms with E-state index in [1.165, 1.54) is 0 Å². The van der Waals surface area contributed by atoms with Crippen molar-refractivity contribution < 1.29 is 38.0 Å². The summed E-state index contributed by atoms with van der Waals surface area (Å²) in [5.41, 5.74) is -0.621. The normalized spacial score (nSPS) is 24.7. The van der Waals surface area contributed by atoms with Crippen molar-refractivity contribution in [2.75, 3.05) is 26.4 Å². The van der Waals surface area contributed by atoms with Gasteiger partial charge in [-0.3, -0.25) is 0 Å². The monoisotopic (exact) mass is 304 g/mol. The number of epoxide rings is 2. The lowest BCUT2D eigenvalue weighted by molar-refractivity contribution is -0.153. The Labute approximate surface area is 122 Å². The second kappa shape index (κ2) is 6.48. The minimum atomic E-state index is -1.11. The molecule has 21 heavy (non-hydrogen) atoms. The Morgan fingerprint density at radius 3 is 1.67 bits per heavy atom. The smallest absolute Gasteiger partial charge is 0.431 e. The van der Waals surface area contributed by atoms with Gasteiger partial charge in [-0.25, -0.2) is 9.59 Å². The first-order valence-electron chi connectivity index (χ1n) is 6.74. The molecule has 2 unspecified atom stereocenters. The summed E-state index contributed by atoms with van der Waals surface area (Å²) in [6.45, 7) is 6.66. The average Bonchev–Trinajstić information content (AvgIpc) is 3.26. The van der Waals surface area contributed by atoms with E-state index in [1.807, 2.05) is 0 Å². The topological polar surface area (TPSA) is 96.1 Å². The molecule has 2 aliphatic rings. The van der Waals surface area contributed by atoms with Gasteiger partial charge >= 0.3 is 12.3 Å². The number of hydrogen-bond donors (Lipinski definition) is 0. The van der Waals surface area contributed by atoms with Crippen LogP contribution >= 0.6 is 0 Å². The summed E-state index contributed by atoms with van der Waals surface area (Å²) in [6.07, 6.45) is -3.06. The van der Waals surface area contributed by atoms with E-state index < -0.39 is 24.0 Å². The summed E-state index contributed by atoms with van der Waals surface area (Å²) in [5.74, 6) is 0. The lowest BCUT2D eigenvalue weighted by Crippen LogP contribution is -2.36. The predicted octanol–water partition coefficient (Wildman–Crippen LogP) is 1.46. The maximum absolute atomic E-state index is 11.5. The first-order chi connectivity index (χ1) is 9.84. The van der Waals surface area contributed by atoms with E-state index in [9.17, 15) is 9.59 Å². The van der Waals surface area contributed by atoms with Gasteiger partial charge in [0, 0.05) is 5.41 Å². The molecule has 0 aromatic heterocycles. The van der Waals surface area contributed by atoms with Gasteiger partial charge in [0.25, 0.3) is 6.29 Å². The standard InChI is InChI=1S/C13H20O8/c1-13(2,3)10(20-11(14)18-6-8-4-16-8)21-12(15)19-7-9-5-17-9/h8-10H,4-7H2,1-3H3. The van der Waals surface area contributed by atoms with Crippen LogP contribution < -0.4 is 0 Å². The number of rotatable bonds is 6. The molecular formula is C13H20O8. The second-order valence-corrected chi connectivity index (χ2v) is 5.97. The minimum Gasteiger partial charge on any atom is -0.431 e. The van der Waals surface area contributed by atoms with Gasteiger partial charge in [0.15, 0.2) is 0 Å². The van der Waals surface area contributed by atoms with E-state index in [-0.39, 0.29) is 25.4 Å². The zero-order valence-electron chi connectivity index (χ0n) is 12.3. The van der Waals surface area contributed by atoms with Crippen LogP contribution in [-0.4, -0.2) is 57.2 Å². The van der Waals surface area contributed by atoms with Gasteiger partial charge in [-0.2, -0.15) is 0 Å². The van der Waals surface area contributed by atoms with Crippen LogP contribution in [-0.2, 0) is 28.4 Å². The van der Waals surface area contributed by atoms with Gasteiger partial charge in [-0.05, 0) is 0 Å². The molecule has 0 aliphatic carbocycles. The molecule has 0 radical (unpaired) electrons. The number of hydrogen-bond acceptors (Lipinski definition) is 8. The van der Waals surface area contributed by atoms with E-state index in [1.54, 1.807) is 20.8 Å². The Kier molecular flexibility index (Phi) is 4.89. The van der Waals surface area contributed by atoms with Crippen LogP contribution in [0.25, 0.3) is 0 Å². The summed E-state index contributed by atoms with van der Waals surface area (Å²) >= 11 is 0. The molecule has 2 heterocycles. The molecule has 2 aliphatic heterocycles. The molecular weight excluding hydrogens is 284 g/mol. The predicted molar refractivity (Wildman–Crippen MR) is 67.6 cm³/mol. The van der Waals surface area contributed by atoms with Crippen molar-refractivity contribution in [1.29, 1.82) is 0 Å². The maximum atomic E-state index is 11.5. The van der Waals surface area contributed by atoms with E-state index in [4.69, 9.17) is 28.4 Å². The number of carbonyl (C=O) groups excluding carboxylic acids is 2. The third kappa shape index (κ3) is 6.17. The summed E-state index contributed by atoms with van der Waals surface area (Å²) in [5, 5.41) is 0. The van der Waals surface area contributed by atoms with Gasteiger partial charge in [-0.1, -0.05) is 20.8 Å². The molecule has 8 nitrogen and oxygen atoms in total. The van der Waals surface area contributed by atoms with Crippen LogP contribution in [0.2, 0.25) is 0 Å². The van der Waals surface area contributed by atoms with E-state index in [0.29, 0.717) is 13.2 Å². The highest BCUT2D eigenvalue weighted by Crippen LogP contribution is 2.24. The van der Waals surface area contributed by atoms with Crippen molar-refractivity contribution in [3.05, 3.63) is 0 Å². The van der Waals surface area contributed by atoms with Crippen LogP contribution in [0.15, 0.2) is 0 Å². The van der Waals surface area contributed by atoms with Gasteiger partial charge < -0.3 is 28.4 Å². The molecule has 0 aromatic rings. The lowest BCUT2D eigenvalue weighted by atomic mass is 9.96. The van der Waals surface area contributed by atoms with Crippen LogP contribution in [0.1, 0.15) is 20.8 Å². The molecule has 2 rings (SSSR count). The van der Waals surface area contributed by atoms with Gasteiger partial charge in [-0.15, -0.1) is 0 Å². The van der Waals surface area contributed by atoms with Crippen molar-refractivity contribution >= 4 is 12.3 Å². The molecule has 8 heteroatoms. The van der Waals surface area contributed by atoms with Crippen LogP contribution in [0.5, 0.6) is 0 Å². The van der Waals surface area contributed by atoms with Crippen molar-refractivity contribution in [3.8, 4) is 0 Å². The highest BCUT2D eigenvalue weighted by atomic mass is 16.8. The van der Waals surface area contributed by atoms with E-state index >= 15 is 0 Å². The molecule has 0 amide bonds. The van der Waals surface area contributed by atoms with Gasteiger partial charge in [0.2, 0.25) is 0 Å². The quantitative estimate of drug-likeness (QED) is 0.413. The molecule has 0 aromatic carbocycles. The average molecular weight is 304 g/mol. The fourth-order valence-corrected chi connectivity index (χ4v) is 1.27. The molecule has 0 bridgehead atoms. The number of carbonyl (C=O) groups is 2. The molecule has 2 saturated heterocycles. The molecule has 0 saturated carbocycles. The first-order valence-corrected chi connectivity index (χ1v) is 6.74. The Hall–Kier alpha value is -1.54. The third-order valence-electron chi connectivity index (χ3n) is 2.69. The van der Waals surface area contributed by atoms with Crippen LogP contribution in [0, 0.1) is 5.41 Å². The lowest BCUT2D eigenvalue weighted by Gasteiger charge is -2.28. The van der Waals surface area contributed by atoms with Crippen LogP contribution in [0.3, 0.4) is 0 Å². The van der Waals surface area contributed by atoms with Crippen molar-refractivity contribution in [3.63, 3.8) is 0 Å². The van der Waals surface area contributed by atoms with Crippen LogP contribution in [0.4, 0.5) is 9.59 Å².